The van der Waals surface area contributed by atoms with E-state index < -0.39 is 11.0 Å². The fourth-order valence-electron chi connectivity index (χ4n) is 3.77. The summed E-state index contributed by atoms with van der Waals surface area (Å²) in [6.07, 6.45) is 0. The number of nitrogens with zero attached hydrogens (tertiary/aromatic N) is 3. The molecule has 1 atom stereocenters. The Morgan fingerprint density at radius 1 is 1.03 bits per heavy atom. The first-order valence-corrected chi connectivity index (χ1v) is 11.1. The van der Waals surface area contributed by atoms with E-state index in [0.29, 0.717) is 44.1 Å². The van der Waals surface area contributed by atoms with Crippen LogP contribution in [0, 0.1) is 16.0 Å². The van der Waals surface area contributed by atoms with Gasteiger partial charge in [-0.25, -0.2) is 0 Å². The van der Waals surface area contributed by atoms with Gasteiger partial charge in [-0.15, -0.1) is 0 Å². The number of carbonyl (C=O) groups excluding carboxylic acids is 2. The molecule has 1 heterocycles. The Labute approximate surface area is 193 Å². The van der Waals surface area contributed by atoms with Crippen LogP contribution in [0.15, 0.2) is 48.5 Å². The number of carbonyl (C=O) groups is 2. The minimum absolute atomic E-state index is 0.0515. The second-order valence-corrected chi connectivity index (χ2v) is 8.24. The molecule has 0 aliphatic carbocycles. The third-order valence-corrected chi connectivity index (χ3v) is 5.66. The third-order valence-electron chi connectivity index (χ3n) is 5.66. The second-order valence-electron chi connectivity index (χ2n) is 8.24. The lowest BCUT2D eigenvalue weighted by Crippen LogP contribution is -2.56. The molecule has 0 radical (unpaired) electrons. The summed E-state index contributed by atoms with van der Waals surface area (Å²) in [7, 11) is 0. The first kappa shape index (κ1) is 24.0. The summed E-state index contributed by atoms with van der Waals surface area (Å²) in [5.41, 5.74) is 1.41. The lowest BCUT2D eigenvalue weighted by Gasteiger charge is -2.38. The number of ether oxygens (including phenoxy) is 1. The van der Waals surface area contributed by atoms with E-state index in [1.807, 2.05) is 20.8 Å². The van der Waals surface area contributed by atoms with Crippen LogP contribution in [0.4, 0.5) is 11.4 Å². The van der Waals surface area contributed by atoms with Crippen LogP contribution in [0.25, 0.3) is 0 Å². The van der Waals surface area contributed by atoms with Crippen molar-refractivity contribution in [2.24, 2.45) is 5.92 Å². The maximum absolute atomic E-state index is 13.2. The Morgan fingerprint density at radius 3 is 2.15 bits per heavy atom. The number of non-ortho nitro benzene ring substituents is 1. The lowest BCUT2D eigenvalue weighted by atomic mass is 10.0. The van der Waals surface area contributed by atoms with E-state index in [-0.39, 0.29) is 23.4 Å². The van der Waals surface area contributed by atoms with Crippen molar-refractivity contribution in [3.05, 3.63) is 64.2 Å². The minimum atomic E-state index is -0.630. The van der Waals surface area contributed by atoms with Crippen LogP contribution >= 0.6 is 0 Å². The van der Waals surface area contributed by atoms with Gasteiger partial charge in [0.15, 0.2) is 0 Å². The number of rotatable bonds is 8. The zero-order valence-corrected chi connectivity index (χ0v) is 19.2. The highest BCUT2D eigenvalue weighted by atomic mass is 16.6. The summed E-state index contributed by atoms with van der Waals surface area (Å²) in [4.78, 5) is 40.2. The highest BCUT2D eigenvalue weighted by molar-refractivity contribution is 5.97. The van der Waals surface area contributed by atoms with Crippen LogP contribution in [0.2, 0.25) is 0 Å². The molecule has 9 heteroatoms. The second kappa shape index (κ2) is 10.8. The number of nitro benzene ring substituents is 1. The normalized spacial score (nSPS) is 14.7. The number of anilines is 1. The SMILES string of the molecule is CCOc1ccc(C(=O)N[C@H](C(=O)N2CCN(c3ccc([N+](=O)[O-])cc3)CC2)C(C)C)cc1. The largest absolute Gasteiger partial charge is 0.494 e. The van der Waals surface area contributed by atoms with E-state index in [4.69, 9.17) is 4.74 Å². The molecule has 0 bridgehead atoms. The van der Waals surface area contributed by atoms with E-state index in [1.165, 1.54) is 12.1 Å². The monoisotopic (exact) mass is 454 g/mol. The Morgan fingerprint density at radius 2 is 1.64 bits per heavy atom. The molecule has 176 valence electrons. The van der Waals surface area contributed by atoms with E-state index in [9.17, 15) is 19.7 Å². The maximum atomic E-state index is 13.2. The zero-order valence-electron chi connectivity index (χ0n) is 19.2. The van der Waals surface area contributed by atoms with Crippen molar-refractivity contribution in [3.8, 4) is 5.75 Å². The summed E-state index contributed by atoms with van der Waals surface area (Å²) in [6.45, 7) is 8.51. The molecule has 1 aliphatic heterocycles. The van der Waals surface area contributed by atoms with Crippen LogP contribution in [0.5, 0.6) is 5.75 Å². The van der Waals surface area contributed by atoms with Crippen LogP contribution in [0.1, 0.15) is 31.1 Å². The Hall–Kier alpha value is -3.62. The average Bonchev–Trinajstić information content (AvgIpc) is 2.82. The first-order valence-electron chi connectivity index (χ1n) is 11.1. The number of hydrogen-bond acceptors (Lipinski definition) is 6. The molecule has 1 saturated heterocycles. The summed E-state index contributed by atoms with van der Waals surface area (Å²) in [5.74, 6) is 0.218. The van der Waals surface area contributed by atoms with Crippen molar-refractivity contribution in [1.82, 2.24) is 10.2 Å². The molecule has 0 aromatic heterocycles. The van der Waals surface area contributed by atoms with Gasteiger partial charge in [-0.1, -0.05) is 13.8 Å². The first-order chi connectivity index (χ1) is 15.8. The topological polar surface area (TPSA) is 105 Å². The molecule has 0 saturated carbocycles. The standard InChI is InChI=1S/C24H30N4O5/c1-4-33-21-11-5-18(6-12-21)23(29)25-22(17(2)3)24(30)27-15-13-26(14-16-27)19-7-9-20(10-8-19)28(31)32/h5-12,17,22H,4,13-16H2,1-3H3,(H,25,29)/t22-/m0/s1. The van der Waals surface area contributed by atoms with Gasteiger partial charge < -0.3 is 19.9 Å². The number of amides is 2. The van der Waals surface area contributed by atoms with E-state index in [1.54, 1.807) is 41.3 Å². The Bertz CT molecular complexity index is 967. The number of hydrogen-bond donors (Lipinski definition) is 1. The van der Waals surface area contributed by atoms with Gasteiger partial charge in [0.1, 0.15) is 11.8 Å². The molecule has 1 fully saturated rings. The van der Waals surface area contributed by atoms with Crippen LogP contribution in [-0.2, 0) is 4.79 Å². The van der Waals surface area contributed by atoms with Crippen molar-refractivity contribution in [3.63, 3.8) is 0 Å². The van der Waals surface area contributed by atoms with Gasteiger partial charge in [0.2, 0.25) is 5.91 Å². The molecule has 9 nitrogen and oxygen atoms in total. The highest BCUT2D eigenvalue weighted by Gasteiger charge is 2.31. The predicted octanol–water partition coefficient (Wildman–Crippen LogP) is 3.10. The zero-order chi connectivity index (χ0) is 24.0. The van der Waals surface area contributed by atoms with Crippen molar-refractivity contribution >= 4 is 23.2 Å². The van der Waals surface area contributed by atoms with Crippen LogP contribution in [0.3, 0.4) is 0 Å². The van der Waals surface area contributed by atoms with Crippen LogP contribution < -0.4 is 15.0 Å². The van der Waals surface area contributed by atoms with E-state index >= 15 is 0 Å². The summed E-state index contributed by atoms with van der Waals surface area (Å²) >= 11 is 0. The molecule has 0 spiro atoms. The molecule has 2 aromatic carbocycles. The molecule has 1 N–H and O–H groups in total. The van der Waals surface area contributed by atoms with Gasteiger partial charge in [0.05, 0.1) is 11.5 Å². The molecule has 33 heavy (non-hydrogen) atoms. The number of nitrogens with one attached hydrogen (secondary N) is 1. The lowest BCUT2D eigenvalue weighted by molar-refractivity contribution is -0.384. The van der Waals surface area contributed by atoms with Gasteiger partial charge in [0.25, 0.3) is 11.6 Å². The molecule has 2 aromatic rings. The van der Waals surface area contributed by atoms with Crippen molar-refractivity contribution in [1.29, 1.82) is 0 Å². The van der Waals surface area contributed by atoms with E-state index in [2.05, 4.69) is 10.2 Å². The third kappa shape index (κ3) is 6.00. The molecule has 3 rings (SSSR count). The molecule has 1 aliphatic rings. The maximum Gasteiger partial charge on any atom is 0.269 e. The number of nitro groups is 1. The number of piperazine rings is 1. The van der Waals surface area contributed by atoms with Gasteiger partial charge in [0, 0.05) is 49.6 Å². The average molecular weight is 455 g/mol. The summed E-state index contributed by atoms with van der Waals surface area (Å²) < 4.78 is 5.41. The van der Waals surface area contributed by atoms with Crippen molar-refractivity contribution < 1.29 is 19.2 Å². The summed E-state index contributed by atoms with van der Waals surface area (Å²) in [6, 6.07) is 12.6. The fraction of sp³-hybridized carbons (Fsp3) is 0.417. The fourth-order valence-corrected chi connectivity index (χ4v) is 3.77. The molecule has 2 amide bonds. The van der Waals surface area contributed by atoms with Crippen LogP contribution in [-0.4, -0.2) is 60.5 Å². The molecular weight excluding hydrogens is 424 g/mol. The molecular formula is C24H30N4O5. The van der Waals surface area contributed by atoms with Gasteiger partial charge in [-0.05, 0) is 49.2 Å². The van der Waals surface area contributed by atoms with Gasteiger partial charge >= 0.3 is 0 Å². The number of benzene rings is 2. The van der Waals surface area contributed by atoms with Crippen molar-refractivity contribution in [2.75, 3.05) is 37.7 Å². The Balaban J connectivity index is 1.59. The Kier molecular flexibility index (Phi) is 7.87. The summed E-state index contributed by atoms with van der Waals surface area (Å²) in [5, 5.41) is 13.7. The van der Waals surface area contributed by atoms with Gasteiger partial charge in [-0.2, -0.15) is 0 Å². The minimum Gasteiger partial charge on any atom is -0.494 e. The van der Waals surface area contributed by atoms with E-state index in [0.717, 1.165) is 5.69 Å². The quantitative estimate of drug-likeness (QED) is 0.485. The highest BCUT2D eigenvalue weighted by Crippen LogP contribution is 2.21. The molecule has 0 unspecified atom stereocenters. The van der Waals surface area contributed by atoms with Crippen molar-refractivity contribution in [2.45, 2.75) is 26.8 Å². The smallest absolute Gasteiger partial charge is 0.269 e. The van der Waals surface area contributed by atoms with Gasteiger partial charge in [-0.3, -0.25) is 19.7 Å². The predicted molar refractivity (Wildman–Crippen MR) is 126 cm³/mol.